The van der Waals surface area contributed by atoms with Gasteiger partial charge in [0.1, 0.15) is 11.5 Å². The van der Waals surface area contributed by atoms with Gasteiger partial charge in [-0.1, -0.05) is 0 Å². The molecule has 0 radical (unpaired) electrons. The number of aromatic nitrogens is 4. The Morgan fingerprint density at radius 2 is 2.14 bits per heavy atom. The molecule has 5 nitrogen and oxygen atoms in total. The van der Waals surface area contributed by atoms with Crippen LogP contribution < -0.4 is 5.73 Å². The maximum Gasteiger partial charge on any atom is 0.123 e. The molecule has 0 aromatic carbocycles. The lowest BCUT2D eigenvalue weighted by Crippen LogP contribution is -2.06. The van der Waals surface area contributed by atoms with Crippen LogP contribution in [0.3, 0.4) is 0 Å². The lowest BCUT2D eigenvalue weighted by atomic mass is 10.3. The number of hydrogen-bond donors (Lipinski definition) is 2. The third-order valence-electron chi connectivity index (χ3n) is 1.87. The van der Waals surface area contributed by atoms with E-state index in [9.17, 15) is 0 Å². The Labute approximate surface area is 81.4 Å². The number of rotatable bonds is 2. The summed E-state index contributed by atoms with van der Waals surface area (Å²) in [7, 11) is 0. The average Bonchev–Trinajstić information content (AvgIpc) is 2.68. The lowest BCUT2D eigenvalue weighted by molar-refractivity contribution is 0.756. The molecule has 5 heteroatoms. The Kier molecular flexibility index (Phi) is 2.24. The summed E-state index contributed by atoms with van der Waals surface area (Å²) in [5, 5.41) is 0. The van der Waals surface area contributed by atoms with Gasteiger partial charge in [0.15, 0.2) is 0 Å². The summed E-state index contributed by atoms with van der Waals surface area (Å²) in [4.78, 5) is 15.4. The van der Waals surface area contributed by atoms with E-state index in [0.29, 0.717) is 0 Å². The summed E-state index contributed by atoms with van der Waals surface area (Å²) >= 11 is 0. The highest BCUT2D eigenvalue weighted by atomic mass is 15.0. The van der Waals surface area contributed by atoms with E-state index in [1.807, 2.05) is 6.92 Å². The molecule has 3 N–H and O–H groups in total. The van der Waals surface area contributed by atoms with Gasteiger partial charge in [-0.2, -0.15) is 0 Å². The SMILES string of the molecule is CC(N)c1ncc(-c2cnccn2)[nH]1. The number of H-pyrrole nitrogens is 1. The molecule has 0 amide bonds. The summed E-state index contributed by atoms with van der Waals surface area (Å²) in [6, 6.07) is -0.0968. The first-order valence-electron chi connectivity index (χ1n) is 4.34. The smallest absolute Gasteiger partial charge is 0.123 e. The van der Waals surface area contributed by atoms with Crippen molar-refractivity contribution in [2.24, 2.45) is 5.73 Å². The fourth-order valence-corrected chi connectivity index (χ4v) is 1.14. The molecule has 0 saturated heterocycles. The van der Waals surface area contributed by atoms with Crippen molar-refractivity contribution in [2.75, 3.05) is 0 Å². The van der Waals surface area contributed by atoms with Crippen LogP contribution in [0.2, 0.25) is 0 Å². The van der Waals surface area contributed by atoms with Crippen molar-refractivity contribution < 1.29 is 0 Å². The number of hydrogen-bond acceptors (Lipinski definition) is 4. The number of imidazole rings is 1. The standard InChI is InChI=1S/C9H11N5/c1-6(10)9-13-5-8(14-9)7-4-11-2-3-12-7/h2-6H,10H2,1H3,(H,13,14). The molecule has 2 aromatic heterocycles. The van der Waals surface area contributed by atoms with Crippen molar-refractivity contribution in [2.45, 2.75) is 13.0 Å². The second-order valence-electron chi connectivity index (χ2n) is 3.06. The Morgan fingerprint density at radius 3 is 2.71 bits per heavy atom. The first-order valence-corrected chi connectivity index (χ1v) is 4.34. The Hall–Kier alpha value is -1.75. The van der Waals surface area contributed by atoms with Gasteiger partial charge in [-0.05, 0) is 6.92 Å². The van der Waals surface area contributed by atoms with Crippen LogP contribution >= 0.6 is 0 Å². The molecule has 72 valence electrons. The fourth-order valence-electron chi connectivity index (χ4n) is 1.14. The molecule has 0 aliphatic heterocycles. The van der Waals surface area contributed by atoms with Crippen LogP contribution in [0.5, 0.6) is 0 Å². The van der Waals surface area contributed by atoms with Crippen LogP contribution in [0.25, 0.3) is 11.4 Å². The predicted molar refractivity (Wildman–Crippen MR) is 52.2 cm³/mol. The number of nitrogens with two attached hydrogens (primary N) is 1. The van der Waals surface area contributed by atoms with E-state index in [0.717, 1.165) is 17.2 Å². The number of nitrogens with one attached hydrogen (secondary N) is 1. The van der Waals surface area contributed by atoms with Crippen LogP contribution in [-0.2, 0) is 0 Å². The predicted octanol–water partition coefficient (Wildman–Crippen LogP) is 0.886. The summed E-state index contributed by atoms with van der Waals surface area (Å²) in [5.41, 5.74) is 7.28. The molecule has 1 atom stereocenters. The Bertz CT molecular complexity index is 406. The normalized spacial score (nSPS) is 12.7. The number of nitrogens with zero attached hydrogens (tertiary/aromatic N) is 3. The highest BCUT2D eigenvalue weighted by Gasteiger charge is 2.06. The van der Waals surface area contributed by atoms with Crippen molar-refractivity contribution in [3.05, 3.63) is 30.6 Å². The molecular weight excluding hydrogens is 178 g/mol. The van der Waals surface area contributed by atoms with Crippen LogP contribution in [0.1, 0.15) is 18.8 Å². The molecule has 0 bridgehead atoms. The number of aromatic amines is 1. The molecule has 0 aliphatic rings. The van der Waals surface area contributed by atoms with Gasteiger partial charge in [0.05, 0.1) is 24.1 Å². The van der Waals surface area contributed by atoms with Gasteiger partial charge in [-0.15, -0.1) is 0 Å². The Morgan fingerprint density at radius 1 is 1.29 bits per heavy atom. The van der Waals surface area contributed by atoms with Crippen molar-refractivity contribution in [3.63, 3.8) is 0 Å². The van der Waals surface area contributed by atoms with Crippen LogP contribution in [0.15, 0.2) is 24.8 Å². The summed E-state index contributed by atoms with van der Waals surface area (Å²) < 4.78 is 0. The van der Waals surface area contributed by atoms with Gasteiger partial charge >= 0.3 is 0 Å². The Balaban J connectivity index is 2.34. The average molecular weight is 189 g/mol. The fraction of sp³-hybridized carbons (Fsp3) is 0.222. The molecular formula is C9H11N5. The first kappa shape index (κ1) is 8.83. The molecule has 1 unspecified atom stereocenters. The summed E-state index contributed by atoms with van der Waals surface area (Å²) in [6.45, 7) is 1.87. The van der Waals surface area contributed by atoms with Crippen LogP contribution in [0.4, 0.5) is 0 Å². The molecule has 2 rings (SSSR count). The second kappa shape index (κ2) is 3.55. The van der Waals surface area contributed by atoms with E-state index in [1.54, 1.807) is 24.8 Å². The first-order chi connectivity index (χ1) is 6.77. The van der Waals surface area contributed by atoms with Gasteiger partial charge in [0, 0.05) is 12.4 Å². The van der Waals surface area contributed by atoms with Gasteiger partial charge in [-0.3, -0.25) is 9.97 Å². The maximum absolute atomic E-state index is 5.68. The quantitative estimate of drug-likeness (QED) is 0.735. The minimum absolute atomic E-state index is 0.0968. The zero-order valence-electron chi connectivity index (χ0n) is 7.81. The summed E-state index contributed by atoms with van der Waals surface area (Å²) in [6.07, 6.45) is 6.66. The summed E-state index contributed by atoms with van der Waals surface area (Å²) in [5.74, 6) is 0.755. The van der Waals surface area contributed by atoms with Crippen LogP contribution in [-0.4, -0.2) is 19.9 Å². The third-order valence-corrected chi connectivity index (χ3v) is 1.87. The van der Waals surface area contributed by atoms with Gasteiger partial charge in [-0.25, -0.2) is 4.98 Å². The molecule has 0 spiro atoms. The highest BCUT2D eigenvalue weighted by molar-refractivity contribution is 5.51. The van der Waals surface area contributed by atoms with E-state index >= 15 is 0 Å². The minimum Gasteiger partial charge on any atom is -0.339 e. The molecule has 2 aromatic rings. The maximum atomic E-state index is 5.68. The highest BCUT2D eigenvalue weighted by Crippen LogP contribution is 2.14. The zero-order valence-corrected chi connectivity index (χ0v) is 7.81. The van der Waals surface area contributed by atoms with E-state index < -0.39 is 0 Å². The van der Waals surface area contributed by atoms with Gasteiger partial charge < -0.3 is 10.7 Å². The van der Waals surface area contributed by atoms with E-state index in [4.69, 9.17) is 5.73 Å². The molecule has 14 heavy (non-hydrogen) atoms. The van der Waals surface area contributed by atoms with Crippen molar-refractivity contribution in [3.8, 4) is 11.4 Å². The second-order valence-corrected chi connectivity index (χ2v) is 3.06. The van der Waals surface area contributed by atoms with Crippen molar-refractivity contribution >= 4 is 0 Å². The minimum atomic E-state index is -0.0968. The van der Waals surface area contributed by atoms with E-state index in [-0.39, 0.29) is 6.04 Å². The van der Waals surface area contributed by atoms with Gasteiger partial charge in [0.25, 0.3) is 0 Å². The zero-order chi connectivity index (χ0) is 9.97. The third kappa shape index (κ3) is 1.62. The van der Waals surface area contributed by atoms with Crippen LogP contribution in [0, 0.1) is 0 Å². The van der Waals surface area contributed by atoms with Gasteiger partial charge in [0.2, 0.25) is 0 Å². The molecule has 0 aliphatic carbocycles. The molecule has 2 heterocycles. The van der Waals surface area contributed by atoms with Crippen molar-refractivity contribution in [1.29, 1.82) is 0 Å². The van der Waals surface area contributed by atoms with E-state index in [2.05, 4.69) is 19.9 Å². The lowest BCUT2D eigenvalue weighted by Gasteiger charge is -1.98. The molecule has 0 saturated carbocycles. The topological polar surface area (TPSA) is 80.5 Å². The molecule has 0 fully saturated rings. The largest absolute Gasteiger partial charge is 0.339 e. The van der Waals surface area contributed by atoms with Crippen molar-refractivity contribution in [1.82, 2.24) is 19.9 Å². The monoisotopic (exact) mass is 189 g/mol. The van der Waals surface area contributed by atoms with E-state index in [1.165, 1.54) is 0 Å².